The lowest BCUT2D eigenvalue weighted by Crippen LogP contribution is -2.31. The van der Waals surface area contributed by atoms with Gasteiger partial charge in [-0.1, -0.05) is 6.92 Å². The third kappa shape index (κ3) is 1.64. The van der Waals surface area contributed by atoms with Crippen molar-refractivity contribution in [1.82, 2.24) is 10.6 Å². The number of nitrogens with one attached hydrogen (secondary N) is 2. The number of hydrogen-bond donors (Lipinski definition) is 2. The highest BCUT2D eigenvalue weighted by Crippen LogP contribution is 2.32. The summed E-state index contributed by atoms with van der Waals surface area (Å²) in [5.74, 6) is 0.926. The number of rotatable bonds is 4. The molecule has 0 radical (unpaired) electrons. The molecule has 3 atom stereocenters. The summed E-state index contributed by atoms with van der Waals surface area (Å²) in [7, 11) is 0. The zero-order valence-electron chi connectivity index (χ0n) is 7.97. The van der Waals surface area contributed by atoms with E-state index in [1.54, 1.807) is 0 Å². The van der Waals surface area contributed by atoms with Crippen LogP contribution >= 0.6 is 0 Å². The Hall–Kier alpha value is -0.0800. The van der Waals surface area contributed by atoms with Gasteiger partial charge >= 0.3 is 0 Å². The summed E-state index contributed by atoms with van der Waals surface area (Å²) in [6, 6.07) is 1.71. The highest BCUT2D eigenvalue weighted by Gasteiger charge is 2.38. The van der Waals surface area contributed by atoms with Crippen LogP contribution in [0.15, 0.2) is 0 Å². The second-order valence-electron chi connectivity index (χ2n) is 4.25. The average Bonchev–Trinajstić information content (AvgIpc) is 2.65. The predicted octanol–water partition coefficient (Wildman–Crippen LogP) is 1.13. The Balaban J connectivity index is 1.69. The molecule has 0 spiro atoms. The van der Waals surface area contributed by atoms with E-state index in [0.717, 1.165) is 18.0 Å². The molecule has 0 aromatic carbocycles. The van der Waals surface area contributed by atoms with Crippen molar-refractivity contribution in [2.24, 2.45) is 5.92 Å². The van der Waals surface area contributed by atoms with Crippen LogP contribution in [0.25, 0.3) is 0 Å². The van der Waals surface area contributed by atoms with Gasteiger partial charge in [0.2, 0.25) is 0 Å². The van der Waals surface area contributed by atoms with Crippen molar-refractivity contribution in [1.29, 1.82) is 0 Å². The van der Waals surface area contributed by atoms with E-state index in [9.17, 15) is 0 Å². The summed E-state index contributed by atoms with van der Waals surface area (Å²) in [6.45, 7) is 4.65. The molecule has 2 aliphatic heterocycles. The van der Waals surface area contributed by atoms with Gasteiger partial charge in [0.15, 0.2) is 0 Å². The molecule has 0 saturated carbocycles. The Kier molecular flexibility index (Phi) is 2.66. The normalized spacial score (nSPS) is 39.2. The highest BCUT2D eigenvalue weighted by atomic mass is 15.0. The minimum Gasteiger partial charge on any atom is -0.316 e. The van der Waals surface area contributed by atoms with Crippen molar-refractivity contribution >= 4 is 0 Å². The summed E-state index contributed by atoms with van der Waals surface area (Å²) in [5, 5.41) is 7.19. The maximum atomic E-state index is 3.66. The first kappa shape index (κ1) is 8.52. The third-order valence-electron chi connectivity index (χ3n) is 3.27. The van der Waals surface area contributed by atoms with Crippen molar-refractivity contribution in [3.8, 4) is 0 Å². The molecular weight excluding hydrogens is 148 g/mol. The van der Waals surface area contributed by atoms with E-state index in [2.05, 4.69) is 17.6 Å². The Morgan fingerprint density at radius 3 is 2.92 bits per heavy atom. The van der Waals surface area contributed by atoms with Crippen LogP contribution in [-0.4, -0.2) is 25.2 Å². The van der Waals surface area contributed by atoms with E-state index in [1.807, 2.05) is 0 Å². The van der Waals surface area contributed by atoms with Crippen LogP contribution in [-0.2, 0) is 0 Å². The van der Waals surface area contributed by atoms with Gasteiger partial charge in [0.25, 0.3) is 0 Å². The fourth-order valence-electron chi connectivity index (χ4n) is 2.63. The molecule has 2 bridgehead atoms. The summed E-state index contributed by atoms with van der Waals surface area (Å²) >= 11 is 0. The SMILES string of the molecule is CCCNCC1CC2CCC1N2. The zero-order chi connectivity index (χ0) is 8.39. The molecule has 2 fully saturated rings. The van der Waals surface area contributed by atoms with Gasteiger partial charge in [-0.05, 0) is 44.7 Å². The van der Waals surface area contributed by atoms with Crippen molar-refractivity contribution in [3.05, 3.63) is 0 Å². The van der Waals surface area contributed by atoms with Gasteiger partial charge in [0.1, 0.15) is 0 Å². The Bertz CT molecular complexity index is 147. The van der Waals surface area contributed by atoms with Crippen molar-refractivity contribution in [3.63, 3.8) is 0 Å². The Labute approximate surface area is 75.1 Å². The minimum absolute atomic E-state index is 0.847. The predicted molar refractivity (Wildman–Crippen MR) is 51.2 cm³/mol. The molecule has 0 aromatic heterocycles. The Morgan fingerprint density at radius 1 is 1.42 bits per heavy atom. The first-order valence-electron chi connectivity index (χ1n) is 5.37. The summed E-state index contributed by atoms with van der Waals surface area (Å²) in [6.07, 6.45) is 5.52. The molecule has 2 N–H and O–H groups in total. The average molecular weight is 168 g/mol. The van der Waals surface area contributed by atoms with Gasteiger partial charge in [-0.15, -0.1) is 0 Å². The lowest BCUT2D eigenvalue weighted by molar-refractivity contribution is 0.384. The van der Waals surface area contributed by atoms with Gasteiger partial charge in [0, 0.05) is 12.1 Å². The lowest BCUT2D eigenvalue weighted by atomic mass is 9.89. The summed E-state index contributed by atoms with van der Waals surface area (Å²) in [5.41, 5.74) is 0. The smallest absolute Gasteiger partial charge is 0.0111 e. The van der Waals surface area contributed by atoms with E-state index < -0.39 is 0 Å². The first-order valence-corrected chi connectivity index (χ1v) is 5.37. The van der Waals surface area contributed by atoms with Crippen molar-refractivity contribution in [2.45, 2.75) is 44.7 Å². The van der Waals surface area contributed by atoms with Gasteiger partial charge in [-0.25, -0.2) is 0 Å². The van der Waals surface area contributed by atoms with Crippen LogP contribution in [0.3, 0.4) is 0 Å². The van der Waals surface area contributed by atoms with E-state index in [1.165, 1.54) is 38.8 Å². The first-order chi connectivity index (χ1) is 5.90. The van der Waals surface area contributed by atoms with E-state index >= 15 is 0 Å². The maximum Gasteiger partial charge on any atom is 0.0111 e. The molecule has 0 aliphatic carbocycles. The molecule has 2 heteroatoms. The largest absolute Gasteiger partial charge is 0.316 e. The van der Waals surface area contributed by atoms with Gasteiger partial charge in [-0.3, -0.25) is 0 Å². The summed E-state index contributed by atoms with van der Waals surface area (Å²) < 4.78 is 0. The topological polar surface area (TPSA) is 24.1 Å². The van der Waals surface area contributed by atoms with E-state index in [4.69, 9.17) is 0 Å². The number of fused-ring (bicyclic) bond motifs is 2. The molecule has 0 aromatic rings. The molecule has 2 aliphatic rings. The van der Waals surface area contributed by atoms with Crippen LogP contribution in [0.1, 0.15) is 32.6 Å². The second-order valence-corrected chi connectivity index (χ2v) is 4.25. The second kappa shape index (κ2) is 3.75. The van der Waals surface area contributed by atoms with Crippen LogP contribution in [0.2, 0.25) is 0 Å². The fourth-order valence-corrected chi connectivity index (χ4v) is 2.63. The molecule has 0 amide bonds. The molecule has 2 saturated heterocycles. The van der Waals surface area contributed by atoms with E-state index in [-0.39, 0.29) is 0 Å². The zero-order valence-corrected chi connectivity index (χ0v) is 7.97. The highest BCUT2D eigenvalue weighted by molar-refractivity contribution is 4.97. The van der Waals surface area contributed by atoms with Crippen molar-refractivity contribution < 1.29 is 0 Å². The lowest BCUT2D eigenvalue weighted by Gasteiger charge is -2.20. The molecule has 2 rings (SSSR count). The molecule has 3 unspecified atom stereocenters. The van der Waals surface area contributed by atoms with Gasteiger partial charge in [-0.2, -0.15) is 0 Å². The Morgan fingerprint density at radius 2 is 2.33 bits per heavy atom. The van der Waals surface area contributed by atoms with Crippen LogP contribution in [0, 0.1) is 5.92 Å². The quantitative estimate of drug-likeness (QED) is 0.615. The molecule has 2 heterocycles. The molecule has 12 heavy (non-hydrogen) atoms. The summed E-state index contributed by atoms with van der Waals surface area (Å²) in [4.78, 5) is 0. The third-order valence-corrected chi connectivity index (χ3v) is 3.27. The molecule has 2 nitrogen and oxygen atoms in total. The standard InChI is InChI=1S/C10H20N2/c1-2-5-11-7-8-6-9-3-4-10(8)12-9/h8-12H,2-7H2,1H3. The van der Waals surface area contributed by atoms with Gasteiger partial charge in [0.05, 0.1) is 0 Å². The van der Waals surface area contributed by atoms with Crippen LogP contribution in [0.5, 0.6) is 0 Å². The van der Waals surface area contributed by atoms with Crippen LogP contribution < -0.4 is 10.6 Å². The number of hydrogen-bond acceptors (Lipinski definition) is 2. The van der Waals surface area contributed by atoms with Gasteiger partial charge < -0.3 is 10.6 Å². The minimum atomic E-state index is 0.847. The van der Waals surface area contributed by atoms with E-state index in [0.29, 0.717) is 0 Å². The monoisotopic (exact) mass is 168 g/mol. The van der Waals surface area contributed by atoms with Crippen molar-refractivity contribution in [2.75, 3.05) is 13.1 Å². The molecule has 70 valence electrons. The maximum absolute atomic E-state index is 3.66. The molecular formula is C10H20N2. The van der Waals surface area contributed by atoms with Crippen LogP contribution in [0.4, 0.5) is 0 Å². The fraction of sp³-hybridized carbons (Fsp3) is 1.00.